The van der Waals surface area contributed by atoms with E-state index in [1.165, 1.54) is 30.3 Å². The minimum Gasteiger partial charge on any atom is -0.268 e. The normalized spacial score (nSPS) is 11.0. The van der Waals surface area contributed by atoms with Crippen LogP contribution in [0.4, 0.5) is 0 Å². The van der Waals surface area contributed by atoms with Crippen LogP contribution < -0.4 is 5.56 Å². The number of sulfone groups is 1. The molecule has 7 heteroatoms. The van der Waals surface area contributed by atoms with Crippen molar-refractivity contribution < 1.29 is 8.42 Å². The molecule has 0 radical (unpaired) electrons. The summed E-state index contributed by atoms with van der Waals surface area (Å²) in [5, 5.41) is 12.8. The zero-order chi connectivity index (χ0) is 15.5. The maximum Gasteiger partial charge on any atom is 0.266 e. The maximum atomic E-state index is 12.2. The first-order valence-corrected chi connectivity index (χ1v) is 7.85. The van der Waals surface area contributed by atoms with Crippen LogP contribution in [0.5, 0.6) is 0 Å². The molecule has 108 valence electrons. The van der Waals surface area contributed by atoms with E-state index in [1.54, 1.807) is 13.0 Å². The van der Waals surface area contributed by atoms with Crippen LogP contribution in [-0.4, -0.2) is 24.0 Å². The van der Waals surface area contributed by atoms with Gasteiger partial charge in [0.15, 0.2) is 9.84 Å². The van der Waals surface area contributed by atoms with E-state index in [4.69, 9.17) is 5.26 Å². The Hall–Kier alpha value is -2.46. The number of rotatable bonds is 4. The SMILES string of the molecule is Cc1ccc(=O)n(CCS(=O)(=O)c2cccc(C#N)c2)n1. The van der Waals surface area contributed by atoms with Gasteiger partial charge in [0.05, 0.1) is 34.5 Å². The molecule has 0 saturated heterocycles. The molecule has 6 nitrogen and oxygen atoms in total. The highest BCUT2D eigenvalue weighted by molar-refractivity contribution is 7.91. The molecule has 0 amide bonds. The van der Waals surface area contributed by atoms with Gasteiger partial charge in [0.2, 0.25) is 0 Å². The Bertz CT molecular complexity index is 864. The van der Waals surface area contributed by atoms with E-state index in [9.17, 15) is 13.2 Å². The van der Waals surface area contributed by atoms with Crippen LogP contribution in [-0.2, 0) is 16.4 Å². The minimum atomic E-state index is -3.57. The largest absolute Gasteiger partial charge is 0.268 e. The van der Waals surface area contributed by atoms with Crippen LogP contribution in [0.1, 0.15) is 11.3 Å². The molecular weight excluding hydrogens is 290 g/mol. The minimum absolute atomic E-state index is 0.0281. The van der Waals surface area contributed by atoms with Crippen molar-refractivity contribution in [3.05, 3.63) is 58.0 Å². The molecule has 0 unspecified atom stereocenters. The van der Waals surface area contributed by atoms with Crippen LogP contribution in [0, 0.1) is 18.3 Å². The Kier molecular flexibility index (Phi) is 4.19. The molecule has 0 aliphatic carbocycles. The first kappa shape index (κ1) is 14.9. The summed E-state index contributed by atoms with van der Waals surface area (Å²) in [4.78, 5) is 11.7. The van der Waals surface area contributed by atoms with Crippen LogP contribution in [0.15, 0.2) is 46.1 Å². The molecule has 0 saturated carbocycles. The smallest absolute Gasteiger partial charge is 0.266 e. The number of nitriles is 1. The Morgan fingerprint density at radius 3 is 2.76 bits per heavy atom. The van der Waals surface area contributed by atoms with E-state index in [2.05, 4.69) is 5.10 Å². The van der Waals surface area contributed by atoms with Gasteiger partial charge in [0.25, 0.3) is 5.56 Å². The van der Waals surface area contributed by atoms with Crippen LogP contribution in [0.2, 0.25) is 0 Å². The van der Waals surface area contributed by atoms with Crippen molar-refractivity contribution >= 4 is 9.84 Å². The Morgan fingerprint density at radius 1 is 1.29 bits per heavy atom. The molecule has 1 aromatic heterocycles. The fourth-order valence-electron chi connectivity index (χ4n) is 1.79. The van der Waals surface area contributed by atoms with E-state index in [0.717, 1.165) is 4.68 Å². The van der Waals surface area contributed by atoms with E-state index in [-0.39, 0.29) is 28.3 Å². The first-order chi connectivity index (χ1) is 9.92. The Balaban J connectivity index is 2.24. The van der Waals surface area contributed by atoms with Crippen molar-refractivity contribution in [2.24, 2.45) is 0 Å². The molecule has 0 atom stereocenters. The van der Waals surface area contributed by atoms with Gasteiger partial charge in [0.1, 0.15) is 0 Å². The average Bonchev–Trinajstić information content (AvgIpc) is 2.48. The highest BCUT2D eigenvalue weighted by Gasteiger charge is 2.15. The lowest BCUT2D eigenvalue weighted by Crippen LogP contribution is -2.26. The molecule has 0 aliphatic heterocycles. The van der Waals surface area contributed by atoms with Crippen molar-refractivity contribution in [1.82, 2.24) is 9.78 Å². The second-order valence-corrected chi connectivity index (χ2v) is 6.60. The molecule has 2 rings (SSSR count). The van der Waals surface area contributed by atoms with Gasteiger partial charge in [-0.3, -0.25) is 4.79 Å². The van der Waals surface area contributed by atoms with E-state index in [0.29, 0.717) is 5.69 Å². The van der Waals surface area contributed by atoms with E-state index >= 15 is 0 Å². The summed E-state index contributed by atoms with van der Waals surface area (Å²) in [5.41, 5.74) is 0.571. The van der Waals surface area contributed by atoms with E-state index < -0.39 is 9.84 Å². The highest BCUT2D eigenvalue weighted by Crippen LogP contribution is 2.13. The molecule has 21 heavy (non-hydrogen) atoms. The molecule has 0 N–H and O–H groups in total. The van der Waals surface area contributed by atoms with Gasteiger partial charge >= 0.3 is 0 Å². The van der Waals surface area contributed by atoms with Gasteiger partial charge in [-0.2, -0.15) is 10.4 Å². The van der Waals surface area contributed by atoms with Crippen molar-refractivity contribution in [1.29, 1.82) is 5.26 Å². The zero-order valence-corrected chi connectivity index (χ0v) is 12.2. The Morgan fingerprint density at radius 2 is 2.05 bits per heavy atom. The predicted molar refractivity (Wildman–Crippen MR) is 76.4 cm³/mol. The number of nitrogens with zero attached hydrogens (tertiary/aromatic N) is 3. The van der Waals surface area contributed by atoms with Gasteiger partial charge in [-0.25, -0.2) is 13.1 Å². The first-order valence-electron chi connectivity index (χ1n) is 6.20. The summed E-state index contributed by atoms with van der Waals surface area (Å²) >= 11 is 0. The summed E-state index contributed by atoms with van der Waals surface area (Å²) < 4.78 is 25.6. The highest BCUT2D eigenvalue weighted by atomic mass is 32.2. The predicted octanol–water partition coefficient (Wildman–Crippen LogP) is 0.897. The van der Waals surface area contributed by atoms with Crippen molar-refractivity contribution in [3.63, 3.8) is 0 Å². The lowest BCUT2D eigenvalue weighted by Gasteiger charge is -2.07. The fourth-order valence-corrected chi connectivity index (χ4v) is 3.04. The molecule has 1 heterocycles. The van der Waals surface area contributed by atoms with Crippen molar-refractivity contribution in [2.45, 2.75) is 18.4 Å². The monoisotopic (exact) mass is 303 g/mol. The summed E-state index contributed by atoms with van der Waals surface area (Å²) in [6.07, 6.45) is 0. The van der Waals surface area contributed by atoms with Gasteiger partial charge in [-0.05, 0) is 31.2 Å². The third-order valence-electron chi connectivity index (χ3n) is 2.89. The lowest BCUT2D eigenvalue weighted by molar-refractivity contribution is 0.568. The summed E-state index contributed by atoms with van der Waals surface area (Å²) in [7, 11) is -3.57. The summed E-state index contributed by atoms with van der Waals surface area (Å²) in [5.74, 6) is -0.252. The summed E-state index contributed by atoms with van der Waals surface area (Å²) in [6, 6.07) is 10.6. The second-order valence-electron chi connectivity index (χ2n) is 4.49. The lowest BCUT2D eigenvalue weighted by atomic mass is 10.2. The van der Waals surface area contributed by atoms with Gasteiger partial charge in [-0.1, -0.05) is 6.07 Å². The topological polar surface area (TPSA) is 92.8 Å². The molecule has 1 aromatic carbocycles. The molecular formula is C14H13N3O3S. The number of aryl methyl sites for hydroxylation is 2. The Labute approximate surface area is 122 Å². The van der Waals surface area contributed by atoms with Crippen molar-refractivity contribution in [2.75, 3.05) is 5.75 Å². The number of hydrogen-bond donors (Lipinski definition) is 0. The van der Waals surface area contributed by atoms with Crippen LogP contribution >= 0.6 is 0 Å². The second kappa shape index (κ2) is 5.89. The standard InChI is InChI=1S/C14H13N3O3S/c1-11-5-6-14(18)17(16-11)7-8-21(19,20)13-4-2-3-12(9-13)10-15/h2-6,9H,7-8H2,1H3. The maximum absolute atomic E-state index is 12.2. The molecule has 0 fully saturated rings. The number of aromatic nitrogens is 2. The zero-order valence-electron chi connectivity index (χ0n) is 11.4. The molecule has 0 aliphatic rings. The summed E-state index contributed by atoms with van der Waals surface area (Å²) in [6.45, 7) is 1.69. The van der Waals surface area contributed by atoms with Crippen LogP contribution in [0.25, 0.3) is 0 Å². The van der Waals surface area contributed by atoms with Gasteiger partial charge in [0, 0.05) is 6.07 Å². The molecule has 2 aromatic rings. The quantitative estimate of drug-likeness (QED) is 0.836. The van der Waals surface area contributed by atoms with Gasteiger partial charge < -0.3 is 0 Å². The fraction of sp³-hybridized carbons (Fsp3) is 0.214. The van der Waals surface area contributed by atoms with Gasteiger partial charge in [-0.15, -0.1) is 0 Å². The molecule has 0 bridgehead atoms. The third kappa shape index (κ3) is 3.55. The number of hydrogen-bond acceptors (Lipinski definition) is 5. The molecule has 0 spiro atoms. The number of benzene rings is 1. The van der Waals surface area contributed by atoms with Crippen LogP contribution in [0.3, 0.4) is 0 Å². The third-order valence-corrected chi connectivity index (χ3v) is 4.59. The average molecular weight is 303 g/mol. The van der Waals surface area contributed by atoms with Crippen molar-refractivity contribution in [3.8, 4) is 6.07 Å². The van der Waals surface area contributed by atoms with E-state index in [1.807, 2.05) is 6.07 Å².